The molecular formula is C22H25FN4O4S2. The molecule has 8 nitrogen and oxygen atoms in total. The maximum atomic E-state index is 13.3. The normalized spacial score (nSPS) is 15.8. The minimum absolute atomic E-state index is 0.0786. The summed E-state index contributed by atoms with van der Waals surface area (Å²) in [6.07, 6.45) is 0.776. The van der Waals surface area contributed by atoms with E-state index < -0.39 is 15.8 Å². The van der Waals surface area contributed by atoms with Crippen LogP contribution in [0.4, 0.5) is 10.1 Å². The molecule has 2 aromatic heterocycles. The first kappa shape index (κ1) is 23.5. The molecular weight excluding hydrogens is 467 g/mol. The van der Waals surface area contributed by atoms with E-state index in [1.54, 1.807) is 19.1 Å². The lowest BCUT2D eigenvalue weighted by Crippen LogP contribution is -2.41. The van der Waals surface area contributed by atoms with Gasteiger partial charge < -0.3 is 9.84 Å². The fourth-order valence-corrected chi connectivity index (χ4v) is 6.67. The summed E-state index contributed by atoms with van der Waals surface area (Å²) in [5.74, 6) is -0.0484. The van der Waals surface area contributed by atoms with Crippen LogP contribution in [0.3, 0.4) is 0 Å². The first-order chi connectivity index (χ1) is 15.6. The van der Waals surface area contributed by atoms with Crippen molar-refractivity contribution in [3.05, 3.63) is 46.9 Å². The molecule has 3 aromatic rings. The largest absolute Gasteiger partial charge is 0.339 e. The van der Waals surface area contributed by atoms with Gasteiger partial charge in [0.1, 0.15) is 5.82 Å². The molecule has 1 amide bonds. The van der Waals surface area contributed by atoms with Gasteiger partial charge in [-0.3, -0.25) is 4.79 Å². The average molecular weight is 493 g/mol. The van der Waals surface area contributed by atoms with Crippen molar-refractivity contribution in [3.63, 3.8) is 0 Å². The molecule has 1 N–H and O–H groups in total. The first-order valence-electron chi connectivity index (χ1n) is 10.7. The number of benzene rings is 1. The molecule has 1 saturated heterocycles. The molecule has 1 aliphatic heterocycles. The predicted octanol–water partition coefficient (Wildman–Crippen LogP) is 4.41. The van der Waals surface area contributed by atoms with Crippen molar-refractivity contribution in [1.82, 2.24) is 14.4 Å². The number of rotatable bonds is 6. The van der Waals surface area contributed by atoms with E-state index in [4.69, 9.17) is 4.52 Å². The Morgan fingerprint density at radius 3 is 2.64 bits per heavy atom. The molecule has 0 atom stereocenters. The zero-order valence-electron chi connectivity index (χ0n) is 18.5. The van der Waals surface area contributed by atoms with Gasteiger partial charge in [-0.05, 0) is 44.0 Å². The first-order valence-corrected chi connectivity index (χ1v) is 12.9. The van der Waals surface area contributed by atoms with Gasteiger partial charge >= 0.3 is 0 Å². The second-order valence-corrected chi connectivity index (χ2v) is 11.5. The minimum atomic E-state index is -3.73. The molecule has 176 valence electrons. The van der Waals surface area contributed by atoms with E-state index in [1.807, 2.05) is 13.8 Å². The average Bonchev–Trinajstić information content (AvgIpc) is 3.41. The van der Waals surface area contributed by atoms with Gasteiger partial charge in [0.25, 0.3) is 0 Å². The smallest absolute Gasteiger partial charge is 0.244 e. The number of aryl methyl sites for hydroxylation is 1. The molecule has 4 rings (SSSR count). The molecule has 1 fully saturated rings. The van der Waals surface area contributed by atoms with Gasteiger partial charge in [-0.1, -0.05) is 25.1 Å². The Hall–Kier alpha value is -2.63. The Labute approximate surface area is 195 Å². The van der Waals surface area contributed by atoms with Crippen molar-refractivity contribution >= 4 is 33.0 Å². The Bertz CT molecular complexity index is 1260. The summed E-state index contributed by atoms with van der Waals surface area (Å²) in [5.41, 5.74) is 0.388. The molecule has 3 heterocycles. The van der Waals surface area contributed by atoms with Crippen LogP contribution in [0.2, 0.25) is 0 Å². The number of aromatic nitrogens is 2. The van der Waals surface area contributed by atoms with Crippen LogP contribution in [0.15, 0.2) is 39.8 Å². The highest BCUT2D eigenvalue weighted by Gasteiger charge is 2.34. The fourth-order valence-electron chi connectivity index (χ4n) is 3.71. The van der Waals surface area contributed by atoms with Crippen molar-refractivity contribution in [2.45, 2.75) is 44.4 Å². The predicted molar refractivity (Wildman–Crippen MR) is 123 cm³/mol. The van der Waals surface area contributed by atoms with Crippen LogP contribution in [0.25, 0.3) is 10.7 Å². The van der Waals surface area contributed by atoms with Gasteiger partial charge in [0.2, 0.25) is 27.6 Å². The van der Waals surface area contributed by atoms with Crippen LogP contribution in [0.5, 0.6) is 0 Å². The third-order valence-electron chi connectivity index (χ3n) is 5.56. The number of halogens is 1. The quantitative estimate of drug-likeness (QED) is 0.547. The molecule has 1 aromatic carbocycles. The lowest BCUT2D eigenvalue weighted by Gasteiger charge is -2.30. The number of nitrogens with zero attached hydrogens (tertiary/aromatic N) is 3. The number of anilines is 1. The topological polar surface area (TPSA) is 105 Å². The number of sulfonamides is 1. The third kappa shape index (κ3) is 4.99. The van der Waals surface area contributed by atoms with Crippen molar-refractivity contribution in [2.75, 3.05) is 18.4 Å². The van der Waals surface area contributed by atoms with E-state index in [0.29, 0.717) is 40.0 Å². The Balaban J connectivity index is 1.43. The number of amides is 1. The number of nitrogens with one attached hydrogen (secondary N) is 1. The molecule has 11 heteroatoms. The standard InChI is InChI=1S/C22H25FN4O4S2/c1-13(2)22-25-20(26-31-22)18-12-19(14(3)32-18)33(29,30)27-9-7-15(8-10-27)21(28)24-17-6-4-5-16(23)11-17/h4-6,11-13,15H,7-10H2,1-3H3,(H,24,28). The van der Waals surface area contributed by atoms with E-state index >= 15 is 0 Å². The van der Waals surface area contributed by atoms with Crippen molar-refractivity contribution < 1.29 is 22.1 Å². The molecule has 0 spiro atoms. The van der Waals surface area contributed by atoms with Crippen LogP contribution in [-0.2, 0) is 14.8 Å². The monoisotopic (exact) mass is 492 g/mol. The highest BCUT2D eigenvalue weighted by Crippen LogP contribution is 2.35. The summed E-state index contributed by atoms with van der Waals surface area (Å²) < 4.78 is 46.6. The highest BCUT2D eigenvalue weighted by molar-refractivity contribution is 7.89. The Morgan fingerprint density at radius 1 is 1.27 bits per heavy atom. The number of piperidine rings is 1. The second kappa shape index (κ2) is 9.32. The molecule has 0 radical (unpaired) electrons. The molecule has 1 aliphatic rings. The van der Waals surface area contributed by atoms with Gasteiger partial charge in [-0.2, -0.15) is 9.29 Å². The maximum absolute atomic E-state index is 13.3. The lowest BCUT2D eigenvalue weighted by atomic mass is 9.97. The maximum Gasteiger partial charge on any atom is 0.244 e. The number of carbonyl (C=O) groups excluding carboxylic acids is 1. The van der Waals surface area contributed by atoms with Gasteiger partial charge in [-0.15, -0.1) is 11.3 Å². The lowest BCUT2D eigenvalue weighted by molar-refractivity contribution is -0.120. The van der Waals surface area contributed by atoms with Crippen molar-refractivity contribution in [1.29, 1.82) is 0 Å². The number of carbonyl (C=O) groups is 1. The minimum Gasteiger partial charge on any atom is -0.339 e. The van der Waals surface area contributed by atoms with Crippen molar-refractivity contribution in [2.24, 2.45) is 5.92 Å². The highest BCUT2D eigenvalue weighted by atomic mass is 32.2. The molecule has 33 heavy (non-hydrogen) atoms. The van der Waals surface area contributed by atoms with Crippen molar-refractivity contribution in [3.8, 4) is 10.7 Å². The summed E-state index contributed by atoms with van der Waals surface area (Å²) in [7, 11) is -3.73. The summed E-state index contributed by atoms with van der Waals surface area (Å²) in [5, 5.41) is 6.68. The van der Waals surface area contributed by atoms with E-state index in [2.05, 4.69) is 15.5 Å². The number of thiophene rings is 1. The van der Waals surface area contributed by atoms with Crippen LogP contribution in [0, 0.1) is 18.7 Å². The van der Waals surface area contributed by atoms with Gasteiger partial charge in [-0.25, -0.2) is 12.8 Å². The van der Waals surface area contributed by atoms with Crippen LogP contribution < -0.4 is 5.32 Å². The second-order valence-electron chi connectivity index (χ2n) is 8.32. The van der Waals surface area contributed by atoms with Gasteiger partial charge in [0.05, 0.1) is 9.77 Å². The van der Waals surface area contributed by atoms with E-state index in [0.717, 1.165) is 0 Å². The molecule has 0 aliphatic carbocycles. The van der Waals surface area contributed by atoms with Gasteiger partial charge in [0.15, 0.2) is 0 Å². The molecule has 0 bridgehead atoms. The summed E-state index contributed by atoms with van der Waals surface area (Å²) >= 11 is 1.31. The zero-order valence-corrected chi connectivity index (χ0v) is 20.2. The SMILES string of the molecule is Cc1sc(-c2noc(C(C)C)n2)cc1S(=O)(=O)N1CCC(C(=O)Nc2cccc(F)c2)CC1. The fraction of sp³-hybridized carbons (Fsp3) is 0.409. The van der Waals surface area contributed by atoms with Gasteiger partial charge in [0, 0.05) is 35.5 Å². The summed E-state index contributed by atoms with van der Waals surface area (Å²) in [6.45, 7) is 6.09. The van der Waals surface area contributed by atoms with Crippen LogP contribution >= 0.6 is 11.3 Å². The van der Waals surface area contributed by atoms with E-state index in [1.165, 1.54) is 33.8 Å². The zero-order chi connectivity index (χ0) is 23.8. The summed E-state index contributed by atoms with van der Waals surface area (Å²) in [4.78, 5) is 18.4. The molecule has 0 saturated carbocycles. The number of hydrogen-bond acceptors (Lipinski definition) is 7. The van der Waals surface area contributed by atoms with E-state index in [9.17, 15) is 17.6 Å². The van der Waals surface area contributed by atoms with Crippen LogP contribution in [0.1, 0.15) is 43.4 Å². The van der Waals surface area contributed by atoms with Crippen LogP contribution in [-0.4, -0.2) is 41.9 Å². The van der Waals surface area contributed by atoms with E-state index in [-0.39, 0.29) is 35.7 Å². The Kier molecular flexibility index (Phi) is 6.64. The number of hydrogen-bond donors (Lipinski definition) is 1. The third-order valence-corrected chi connectivity index (χ3v) is 8.76. The summed E-state index contributed by atoms with van der Waals surface area (Å²) in [6, 6.07) is 7.29. The molecule has 0 unspecified atom stereocenters. The Morgan fingerprint density at radius 2 is 2.00 bits per heavy atom.